The Morgan fingerprint density at radius 2 is 1.92 bits per heavy atom. The molecule has 0 amide bonds. The van der Waals surface area contributed by atoms with Gasteiger partial charge in [-0.15, -0.1) is 0 Å². The molecule has 70 valence electrons. The minimum absolute atomic E-state index is 0.0216. The SMILES string of the molecule is CC1(C)O[C@]2(C)C[C@H]1CC[C@@H]2O. The van der Waals surface area contributed by atoms with E-state index in [2.05, 4.69) is 13.8 Å². The van der Waals surface area contributed by atoms with Gasteiger partial charge in [-0.25, -0.2) is 0 Å². The lowest BCUT2D eigenvalue weighted by Gasteiger charge is -2.32. The summed E-state index contributed by atoms with van der Waals surface area (Å²) >= 11 is 0. The van der Waals surface area contributed by atoms with Crippen molar-refractivity contribution in [3.8, 4) is 0 Å². The van der Waals surface area contributed by atoms with E-state index in [0.29, 0.717) is 5.92 Å². The number of fused-ring (bicyclic) bond motifs is 2. The molecule has 2 rings (SSSR count). The highest BCUT2D eigenvalue weighted by Gasteiger charge is 2.54. The van der Waals surface area contributed by atoms with Crippen LogP contribution in [0.3, 0.4) is 0 Å². The van der Waals surface area contributed by atoms with Crippen molar-refractivity contribution in [1.82, 2.24) is 0 Å². The highest BCUT2D eigenvalue weighted by molar-refractivity contribution is 5.03. The molecule has 1 aliphatic carbocycles. The summed E-state index contributed by atoms with van der Waals surface area (Å²) in [5, 5.41) is 9.76. The van der Waals surface area contributed by atoms with E-state index in [1.54, 1.807) is 0 Å². The monoisotopic (exact) mass is 170 g/mol. The van der Waals surface area contributed by atoms with E-state index in [4.69, 9.17) is 4.74 Å². The quantitative estimate of drug-likeness (QED) is 0.599. The van der Waals surface area contributed by atoms with Crippen molar-refractivity contribution in [1.29, 1.82) is 0 Å². The summed E-state index contributed by atoms with van der Waals surface area (Å²) in [6.45, 7) is 6.32. The minimum atomic E-state index is -0.258. The highest BCUT2D eigenvalue weighted by Crippen LogP contribution is 2.50. The molecule has 1 N–H and O–H groups in total. The maximum absolute atomic E-state index is 9.76. The molecule has 1 heterocycles. The molecule has 2 fully saturated rings. The Morgan fingerprint density at radius 3 is 2.50 bits per heavy atom. The Kier molecular flexibility index (Phi) is 1.59. The topological polar surface area (TPSA) is 29.5 Å². The molecule has 0 aromatic rings. The second kappa shape index (κ2) is 2.24. The molecule has 1 aliphatic heterocycles. The number of ether oxygens (including phenoxy) is 1. The van der Waals surface area contributed by atoms with Gasteiger partial charge in [0.2, 0.25) is 0 Å². The molecule has 0 aromatic carbocycles. The summed E-state index contributed by atoms with van der Waals surface area (Å²) in [6.07, 6.45) is 2.80. The lowest BCUT2D eigenvalue weighted by Crippen LogP contribution is -2.41. The molecule has 2 nitrogen and oxygen atoms in total. The van der Waals surface area contributed by atoms with Crippen LogP contribution in [-0.2, 0) is 4.74 Å². The van der Waals surface area contributed by atoms with Gasteiger partial charge in [0.15, 0.2) is 0 Å². The number of aliphatic hydroxyl groups is 1. The van der Waals surface area contributed by atoms with E-state index in [0.717, 1.165) is 19.3 Å². The van der Waals surface area contributed by atoms with E-state index in [1.165, 1.54) is 0 Å². The molecule has 0 spiro atoms. The van der Waals surface area contributed by atoms with Gasteiger partial charge >= 0.3 is 0 Å². The largest absolute Gasteiger partial charge is 0.390 e. The van der Waals surface area contributed by atoms with Crippen LogP contribution < -0.4 is 0 Å². The molecule has 2 aliphatic rings. The highest BCUT2D eigenvalue weighted by atomic mass is 16.5. The molecule has 1 saturated carbocycles. The Labute approximate surface area is 73.9 Å². The predicted octanol–water partition coefficient (Wildman–Crippen LogP) is 1.71. The zero-order valence-corrected chi connectivity index (χ0v) is 8.13. The molecule has 2 bridgehead atoms. The first-order chi connectivity index (χ1) is 5.44. The predicted molar refractivity (Wildman–Crippen MR) is 46.9 cm³/mol. The standard InChI is InChI=1S/C10H18O2/c1-9(2)7-4-5-8(11)10(3,6-7)12-9/h7-8,11H,4-6H2,1-3H3/t7-,8+,10-/m1/s1. The molecule has 0 unspecified atom stereocenters. The van der Waals surface area contributed by atoms with Crippen molar-refractivity contribution >= 4 is 0 Å². The van der Waals surface area contributed by atoms with Gasteiger partial charge in [0, 0.05) is 0 Å². The van der Waals surface area contributed by atoms with Gasteiger partial charge in [-0.2, -0.15) is 0 Å². The molecule has 3 atom stereocenters. The number of hydrogen-bond acceptors (Lipinski definition) is 2. The Morgan fingerprint density at radius 1 is 1.25 bits per heavy atom. The van der Waals surface area contributed by atoms with E-state index >= 15 is 0 Å². The summed E-state index contributed by atoms with van der Waals surface area (Å²) in [6, 6.07) is 0. The summed E-state index contributed by atoms with van der Waals surface area (Å²) < 4.78 is 5.92. The molecule has 2 heteroatoms. The fraction of sp³-hybridized carbons (Fsp3) is 1.00. The Bertz CT molecular complexity index is 200. The first-order valence-corrected chi connectivity index (χ1v) is 4.82. The average Bonchev–Trinajstić information content (AvgIpc) is 2.12. The third-order valence-electron chi connectivity index (χ3n) is 3.62. The molecule has 1 saturated heterocycles. The van der Waals surface area contributed by atoms with Crippen LogP contribution in [-0.4, -0.2) is 22.4 Å². The van der Waals surface area contributed by atoms with Crippen LogP contribution in [0.15, 0.2) is 0 Å². The van der Waals surface area contributed by atoms with Gasteiger partial charge in [0.1, 0.15) is 0 Å². The zero-order valence-electron chi connectivity index (χ0n) is 8.13. The van der Waals surface area contributed by atoms with Gasteiger partial charge in [-0.3, -0.25) is 0 Å². The lowest BCUT2D eigenvalue weighted by molar-refractivity contribution is -0.130. The van der Waals surface area contributed by atoms with Crippen LogP contribution in [0.2, 0.25) is 0 Å². The fourth-order valence-electron chi connectivity index (χ4n) is 2.78. The minimum Gasteiger partial charge on any atom is -0.390 e. The van der Waals surface area contributed by atoms with Gasteiger partial charge in [-0.1, -0.05) is 0 Å². The van der Waals surface area contributed by atoms with E-state index in [1.807, 2.05) is 6.92 Å². The van der Waals surface area contributed by atoms with Crippen LogP contribution >= 0.6 is 0 Å². The first kappa shape index (κ1) is 8.52. The first-order valence-electron chi connectivity index (χ1n) is 4.82. The van der Waals surface area contributed by atoms with Crippen molar-refractivity contribution in [3.05, 3.63) is 0 Å². The fourth-order valence-corrected chi connectivity index (χ4v) is 2.78. The second-order valence-electron chi connectivity index (χ2n) is 5.01. The number of hydrogen-bond donors (Lipinski definition) is 1. The molecular formula is C10H18O2. The Hall–Kier alpha value is -0.0800. The van der Waals surface area contributed by atoms with Crippen molar-refractivity contribution in [2.45, 2.75) is 57.3 Å². The van der Waals surface area contributed by atoms with Crippen LogP contribution in [0.5, 0.6) is 0 Å². The average molecular weight is 170 g/mol. The number of rotatable bonds is 0. The maximum atomic E-state index is 9.76. The van der Waals surface area contributed by atoms with E-state index in [9.17, 15) is 5.11 Å². The molecule has 0 radical (unpaired) electrons. The third kappa shape index (κ3) is 1.01. The summed E-state index contributed by atoms with van der Waals surface area (Å²) in [5.41, 5.74) is -0.279. The molecule has 0 aromatic heterocycles. The molecular weight excluding hydrogens is 152 g/mol. The van der Waals surface area contributed by atoms with Crippen LogP contribution in [0.1, 0.15) is 40.0 Å². The maximum Gasteiger partial charge on any atom is 0.0923 e. The van der Waals surface area contributed by atoms with Crippen LogP contribution in [0, 0.1) is 5.92 Å². The van der Waals surface area contributed by atoms with Crippen LogP contribution in [0.25, 0.3) is 0 Å². The summed E-state index contributed by atoms with van der Waals surface area (Å²) in [5.74, 6) is 0.644. The zero-order chi connectivity index (χ0) is 8.98. The van der Waals surface area contributed by atoms with Gasteiger partial charge < -0.3 is 9.84 Å². The normalized spacial score (nSPS) is 51.0. The van der Waals surface area contributed by atoms with E-state index in [-0.39, 0.29) is 17.3 Å². The van der Waals surface area contributed by atoms with Gasteiger partial charge in [0.25, 0.3) is 0 Å². The summed E-state index contributed by atoms with van der Waals surface area (Å²) in [4.78, 5) is 0. The van der Waals surface area contributed by atoms with Crippen molar-refractivity contribution < 1.29 is 9.84 Å². The van der Waals surface area contributed by atoms with E-state index < -0.39 is 0 Å². The van der Waals surface area contributed by atoms with Crippen molar-refractivity contribution in [2.75, 3.05) is 0 Å². The number of aliphatic hydroxyl groups excluding tert-OH is 1. The smallest absolute Gasteiger partial charge is 0.0923 e. The van der Waals surface area contributed by atoms with Gasteiger partial charge in [0.05, 0.1) is 17.3 Å². The summed E-state index contributed by atoms with van der Waals surface area (Å²) in [7, 11) is 0. The van der Waals surface area contributed by atoms with Crippen molar-refractivity contribution in [2.24, 2.45) is 5.92 Å². The van der Waals surface area contributed by atoms with Gasteiger partial charge in [-0.05, 0) is 46.0 Å². The lowest BCUT2D eigenvalue weighted by atomic mass is 9.75. The van der Waals surface area contributed by atoms with Crippen molar-refractivity contribution in [3.63, 3.8) is 0 Å². The third-order valence-corrected chi connectivity index (χ3v) is 3.62. The van der Waals surface area contributed by atoms with Crippen LogP contribution in [0.4, 0.5) is 0 Å². The second-order valence-corrected chi connectivity index (χ2v) is 5.01. The Balaban J connectivity index is 2.27. The molecule has 12 heavy (non-hydrogen) atoms.